The second kappa shape index (κ2) is 8.43. The molecule has 1 fully saturated rings. The van der Waals surface area contributed by atoms with Crippen molar-refractivity contribution in [3.8, 4) is 0 Å². The van der Waals surface area contributed by atoms with Gasteiger partial charge in [-0.05, 0) is 48.6 Å². The first-order valence-electron chi connectivity index (χ1n) is 9.81. The lowest BCUT2D eigenvalue weighted by Crippen LogP contribution is -2.45. The molecule has 2 aromatic carbocycles. The van der Waals surface area contributed by atoms with E-state index in [2.05, 4.69) is 10.3 Å². The standard InChI is InChI=1S/C22H23FN4O2/c23-18-7-5-16(6-8-18)13-24-22(29)26-11-9-17(10-12-26)14-27-15-25-20-4-2-1-3-19(20)21(27)28/h1-8,15,17H,9-14H2,(H,24,29). The van der Waals surface area contributed by atoms with Gasteiger partial charge >= 0.3 is 6.03 Å². The topological polar surface area (TPSA) is 67.2 Å². The zero-order valence-corrected chi connectivity index (χ0v) is 16.1. The molecule has 1 saturated heterocycles. The summed E-state index contributed by atoms with van der Waals surface area (Å²) in [5, 5.41) is 3.51. The Morgan fingerprint density at radius 1 is 1.10 bits per heavy atom. The first kappa shape index (κ1) is 19.1. The smallest absolute Gasteiger partial charge is 0.317 e. The maximum atomic E-state index is 13.0. The second-order valence-electron chi connectivity index (χ2n) is 7.43. The van der Waals surface area contributed by atoms with Gasteiger partial charge in [0.1, 0.15) is 5.82 Å². The molecule has 0 saturated carbocycles. The van der Waals surface area contributed by atoms with Gasteiger partial charge in [0, 0.05) is 26.2 Å². The third kappa shape index (κ3) is 4.45. The maximum Gasteiger partial charge on any atom is 0.317 e. The number of halogens is 1. The van der Waals surface area contributed by atoms with Crippen LogP contribution in [-0.4, -0.2) is 33.6 Å². The fraction of sp³-hybridized carbons (Fsp3) is 0.318. The van der Waals surface area contributed by atoms with Crippen molar-refractivity contribution in [2.75, 3.05) is 13.1 Å². The number of piperidine rings is 1. The van der Waals surface area contributed by atoms with Crippen LogP contribution in [0.5, 0.6) is 0 Å². The molecule has 0 bridgehead atoms. The van der Waals surface area contributed by atoms with Crippen LogP contribution in [0, 0.1) is 11.7 Å². The van der Waals surface area contributed by atoms with Crippen molar-refractivity contribution in [3.05, 3.63) is 76.6 Å². The van der Waals surface area contributed by atoms with E-state index < -0.39 is 0 Å². The van der Waals surface area contributed by atoms with E-state index in [4.69, 9.17) is 0 Å². The number of hydrogen-bond acceptors (Lipinski definition) is 3. The van der Waals surface area contributed by atoms with Gasteiger partial charge in [-0.2, -0.15) is 0 Å². The van der Waals surface area contributed by atoms with Crippen LogP contribution < -0.4 is 10.9 Å². The zero-order chi connectivity index (χ0) is 20.2. The summed E-state index contributed by atoms with van der Waals surface area (Å²) in [6.45, 7) is 2.28. The Labute approximate surface area is 168 Å². The van der Waals surface area contributed by atoms with Gasteiger partial charge in [-0.3, -0.25) is 9.36 Å². The molecule has 1 aliphatic rings. The Balaban J connectivity index is 1.30. The number of rotatable bonds is 4. The van der Waals surface area contributed by atoms with Gasteiger partial charge < -0.3 is 10.2 Å². The van der Waals surface area contributed by atoms with Crippen molar-refractivity contribution >= 4 is 16.9 Å². The van der Waals surface area contributed by atoms with Gasteiger partial charge in [0.25, 0.3) is 5.56 Å². The number of aromatic nitrogens is 2. The highest BCUT2D eigenvalue weighted by Gasteiger charge is 2.23. The number of urea groups is 1. The summed E-state index contributed by atoms with van der Waals surface area (Å²) in [6.07, 6.45) is 3.29. The normalized spacial score (nSPS) is 14.9. The van der Waals surface area contributed by atoms with E-state index in [0.29, 0.717) is 43.0 Å². The molecule has 1 aliphatic heterocycles. The number of likely N-dealkylation sites (tertiary alicyclic amines) is 1. The lowest BCUT2D eigenvalue weighted by molar-refractivity contribution is 0.165. The number of carbonyl (C=O) groups excluding carboxylic acids is 1. The molecular weight excluding hydrogens is 371 g/mol. The number of para-hydroxylation sites is 1. The molecule has 0 atom stereocenters. The Hall–Kier alpha value is -3.22. The van der Waals surface area contributed by atoms with Crippen molar-refractivity contribution in [2.24, 2.45) is 5.92 Å². The average Bonchev–Trinajstić information content (AvgIpc) is 2.76. The molecule has 0 radical (unpaired) electrons. The third-order valence-corrected chi connectivity index (χ3v) is 5.45. The van der Waals surface area contributed by atoms with Crippen molar-refractivity contribution in [2.45, 2.75) is 25.9 Å². The predicted molar refractivity (Wildman–Crippen MR) is 109 cm³/mol. The first-order chi connectivity index (χ1) is 14.1. The summed E-state index contributed by atoms with van der Waals surface area (Å²) < 4.78 is 14.6. The van der Waals surface area contributed by atoms with Gasteiger partial charge in [-0.1, -0.05) is 24.3 Å². The summed E-state index contributed by atoms with van der Waals surface area (Å²) in [5.41, 5.74) is 1.55. The summed E-state index contributed by atoms with van der Waals surface area (Å²) >= 11 is 0. The van der Waals surface area contributed by atoms with E-state index in [1.807, 2.05) is 18.2 Å². The number of carbonyl (C=O) groups is 1. The van der Waals surface area contributed by atoms with Gasteiger partial charge in [-0.15, -0.1) is 0 Å². The Morgan fingerprint density at radius 3 is 2.59 bits per heavy atom. The molecule has 3 aromatic rings. The molecule has 150 valence electrons. The van der Waals surface area contributed by atoms with Crippen LogP contribution in [0.15, 0.2) is 59.7 Å². The third-order valence-electron chi connectivity index (χ3n) is 5.45. The minimum absolute atomic E-state index is 0.0185. The quantitative estimate of drug-likeness (QED) is 0.739. The highest BCUT2D eigenvalue weighted by atomic mass is 19.1. The minimum atomic E-state index is -0.289. The van der Waals surface area contributed by atoms with Gasteiger partial charge in [0.2, 0.25) is 0 Å². The maximum absolute atomic E-state index is 13.0. The summed E-state index contributed by atoms with van der Waals surface area (Å²) in [4.78, 5) is 31.2. The van der Waals surface area contributed by atoms with Crippen LogP contribution in [0.2, 0.25) is 0 Å². The molecule has 7 heteroatoms. The molecule has 29 heavy (non-hydrogen) atoms. The highest BCUT2D eigenvalue weighted by Crippen LogP contribution is 2.19. The average molecular weight is 394 g/mol. The molecule has 0 spiro atoms. The largest absolute Gasteiger partial charge is 0.334 e. The van der Waals surface area contributed by atoms with Gasteiger partial charge in [0.05, 0.1) is 17.2 Å². The fourth-order valence-electron chi connectivity index (χ4n) is 3.72. The number of nitrogens with zero attached hydrogens (tertiary/aromatic N) is 3. The fourth-order valence-corrected chi connectivity index (χ4v) is 3.72. The number of amides is 2. The van der Waals surface area contributed by atoms with Crippen molar-refractivity contribution in [1.82, 2.24) is 19.8 Å². The van der Waals surface area contributed by atoms with Gasteiger partial charge in [0.15, 0.2) is 0 Å². The van der Waals surface area contributed by atoms with Crippen LogP contribution in [0.4, 0.5) is 9.18 Å². The second-order valence-corrected chi connectivity index (χ2v) is 7.43. The lowest BCUT2D eigenvalue weighted by atomic mass is 9.97. The zero-order valence-electron chi connectivity index (χ0n) is 16.1. The molecule has 2 amide bonds. The summed E-state index contributed by atoms with van der Waals surface area (Å²) in [5.74, 6) is 0.0414. The van der Waals surface area contributed by atoms with Crippen LogP contribution >= 0.6 is 0 Å². The molecule has 0 aliphatic carbocycles. The number of hydrogen-bond donors (Lipinski definition) is 1. The minimum Gasteiger partial charge on any atom is -0.334 e. The monoisotopic (exact) mass is 394 g/mol. The van der Waals surface area contributed by atoms with E-state index in [0.717, 1.165) is 18.4 Å². The van der Waals surface area contributed by atoms with Crippen molar-refractivity contribution < 1.29 is 9.18 Å². The molecule has 1 N–H and O–H groups in total. The molecule has 1 aromatic heterocycles. The van der Waals surface area contributed by atoms with E-state index in [9.17, 15) is 14.0 Å². The van der Waals surface area contributed by atoms with E-state index >= 15 is 0 Å². The van der Waals surface area contributed by atoms with Crippen LogP contribution in [-0.2, 0) is 13.1 Å². The number of benzene rings is 2. The first-order valence-corrected chi connectivity index (χ1v) is 9.81. The van der Waals surface area contributed by atoms with Crippen molar-refractivity contribution in [1.29, 1.82) is 0 Å². The SMILES string of the molecule is O=C(NCc1ccc(F)cc1)N1CCC(Cn2cnc3ccccc3c2=O)CC1. The Bertz CT molecular complexity index is 1060. The van der Waals surface area contributed by atoms with E-state index in [-0.39, 0.29) is 17.4 Å². The van der Waals surface area contributed by atoms with Crippen LogP contribution in [0.3, 0.4) is 0 Å². The lowest BCUT2D eigenvalue weighted by Gasteiger charge is -2.32. The molecule has 6 nitrogen and oxygen atoms in total. The summed E-state index contributed by atoms with van der Waals surface area (Å²) in [7, 11) is 0. The molecule has 0 unspecified atom stereocenters. The Kier molecular flexibility index (Phi) is 5.55. The van der Waals surface area contributed by atoms with Crippen LogP contribution in [0.1, 0.15) is 18.4 Å². The van der Waals surface area contributed by atoms with Crippen molar-refractivity contribution in [3.63, 3.8) is 0 Å². The van der Waals surface area contributed by atoms with E-state index in [1.165, 1.54) is 12.1 Å². The summed E-state index contributed by atoms with van der Waals surface area (Å²) in [6, 6.07) is 13.3. The Morgan fingerprint density at radius 2 is 1.83 bits per heavy atom. The highest BCUT2D eigenvalue weighted by molar-refractivity contribution is 5.77. The van der Waals surface area contributed by atoms with Gasteiger partial charge in [-0.25, -0.2) is 14.2 Å². The number of fused-ring (bicyclic) bond motifs is 1. The molecular formula is C22H23FN4O2. The van der Waals surface area contributed by atoms with E-state index in [1.54, 1.807) is 34.0 Å². The predicted octanol–water partition coefficient (Wildman–Crippen LogP) is 3.16. The number of nitrogens with one attached hydrogen (secondary N) is 1. The molecule has 4 rings (SSSR count). The molecule has 2 heterocycles. The van der Waals surface area contributed by atoms with Crippen LogP contribution in [0.25, 0.3) is 10.9 Å².